The second-order valence-electron chi connectivity index (χ2n) is 3.93. The molecule has 0 aliphatic carbocycles. The van der Waals surface area contributed by atoms with E-state index in [9.17, 15) is 0 Å². The quantitative estimate of drug-likeness (QED) is 0.471. The first-order valence-electron chi connectivity index (χ1n) is 7.62. The lowest BCUT2D eigenvalue weighted by Gasteiger charge is -2.04. The van der Waals surface area contributed by atoms with E-state index in [4.69, 9.17) is 0 Å². The molecule has 0 aliphatic rings. The lowest BCUT2D eigenvalue weighted by molar-refractivity contribution is 1.50. The van der Waals surface area contributed by atoms with Crippen LogP contribution in [-0.4, -0.2) is 0 Å². The number of hydrogen-bond donors (Lipinski definition) is 0. The van der Waals surface area contributed by atoms with Crippen LogP contribution in [-0.2, 0) is 0 Å². The van der Waals surface area contributed by atoms with E-state index < -0.39 is 0 Å². The Kier molecular flexibility index (Phi) is 8.15. The molecule has 3 aromatic rings. The standard InChI is InChI=1S/C16H12S.2C2H6/c1-3-7-13(8-4-1)15-11-17-12-16(15)14-9-5-2-6-10-14;2*1-2/h1-12H;2*1-2H3. The van der Waals surface area contributed by atoms with Gasteiger partial charge in [-0.1, -0.05) is 88.4 Å². The summed E-state index contributed by atoms with van der Waals surface area (Å²) in [7, 11) is 0. The minimum absolute atomic E-state index is 1.28. The van der Waals surface area contributed by atoms with Gasteiger partial charge in [-0.2, -0.15) is 11.3 Å². The third kappa shape index (κ3) is 4.57. The zero-order valence-corrected chi connectivity index (χ0v) is 14.2. The third-order valence-electron chi connectivity index (χ3n) is 2.83. The summed E-state index contributed by atoms with van der Waals surface area (Å²) in [5.41, 5.74) is 5.21. The molecule has 21 heavy (non-hydrogen) atoms. The van der Waals surface area contributed by atoms with Crippen LogP contribution >= 0.6 is 11.3 Å². The van der Waals surface area contributed by atoms with E-state index in [0.29, 0.717) is 0 Å². The van der Waals surface area contributed by atoms with Crippen LogP contribution in [0.5, 0.6) is 0 Å². The van der Waals surface area contributed by atoms with E-state index >= 15 is 0 Å². The van der Waals surface area contributed by atoms with Gasteiger partial charge in [0, 0.05) is 11.1 Å². The van der Waals surface area contributed by atoms with E-state index in [-0.39, 0.29) is 0 Å². The van der Waals surface area contributed by atoms with Crippen molar-refractivity contribution in [2.45, 2.75) is 27.7 Å². The average molecular weight is 296 g/mol. The van der Waals surface area contributed by atoms with E-state index in [1.54, 1.807) is 11.3 Å². The summed E-state index contributed by atoms with van der Waals surface area (Å²) < 4.78 is 0. The van der Waals surface area contributed by atoms with E-state index in [1.807, 2.05) is 27.7 Å². The van der Waals surface area contributed by atoms with E-state index in [0.717, 1.165) is 0 Å². The maximum Gasteiger partial charge on any atom is 0.000184 e. The van der Waals surface area contributed by atoms with Gasteiger partial charge in [0.1, 0.15) is 0 Å². The molecule has 0 aliphatic heterocycles. The van der Waals surface area contributed by atoms with Crippen molar-refractivity contribution in [1.82, 2.24) is 0 Å². The lowest BCUT2D eigenvalue weighted by Crippen LogP contribution is -1.78. The highest BCUT2D eigenvalue weighted by atomic mass is 32.1. The molecule has 0 amide bonds. The molecule has 1 heterocycles. The second kappa shape index (κ2) is 9.95. The van der Waals surface area contributed by atoms with Crippen LogP contribution in [0.3, 0.4) is 0 Å². The van der Waals surface area contributed by atoms with Gasteiger partial charge in [0.25, 0.3) is 0 Å². The monoisotopic (exact) mass is 296 g/mol. The fourth-order valence-electron chi connectivity index (χ4n) is 1.98. The maximum atomic E-state index is 2.22. The summed E-state index contributed by atoms with van der Waals surface area (Å²) in [5, 5.41) is 4.44. The van der Waals surface area contributed by atoms with Crippen LogP contribution in [0.15, 0.2) is 71.4 Å². The first-order valence-corrected chi connectivity index (χ1v) is 8.56. The number of thiophene rings is 1. The van der Waals surface area contributed by atoms with Crippen LogP contribution < -0.4 is 0 Å². The van der Waals surface area contributed by atoms with Crippen molar-refractivity contribution in [2.24, 2.45) is 0 Å². The highest BCUT2D eigenvalue weighted by Gasteiger charge is 2.07. The van der Waals surface area contributed by atoms with Crippen LogP contribution in [0, 0.1) is 0 Å². The van der Waals surface area contributed by atoms with Gasteiger partial charge in [-0.3, -0.25) is 0 Å². The fourth-order valence-corrected chi connectivity index (χ4v) is 2.85. The molecule has 2 aromatic carbocycles. The topological polar surface area (TPSA) is 0 Å². The number of rotatable bonds is 2. The molecule has 0 spiro atoms. The Morgan fingerprint density at radius 2 is 0.857 bits per heavy atom. The van der Waals surface area contributed by atoms with Crippen molar-refractivity contribution in [3.05, 3.63) is 71.4 Å². The lowest BCUT2D eigenvalue weighted by atomic mass is 9.99. The molecule has 0 unspecified atom stereocenters. The number of hydrogen-bond acceptors (Lipinski definition) is 1. The van der Waals surface area contributed by atoms with Gasteiger partial charge in [-0.25, -0.2) is 0 Å². The first kappa shape index (κ1) is 17.2. The molecule has 1 heteroatoms. The van der Waals surface area contributed by atoms with Crippen molar-refractivity contribution >= 4 is 11.3 Å². The smallest absolute Gasteiger partial charge is 0.000184 e. The molecule has 0 saturated heterocycles. The molecular weight excluding hydrogens is 272 g/mol. The zero-order valence-electron chi connectivity index (χ0n) is 13.3. The van der Waals surface area contributed by atoms with E-state index in [1.165, 1.54) is 22.3 Å². The molecular formula is C20H24S. The summed E-state index contributed by atoms with van der Waals surface area (Å²) in [4.78, 5) is 0. The van der Waals surface area contributed by atoms with Crippen LogP contribution in [0.25, 0.3) is 22.3 Å². The Morgan fingerprint density at radius 3 is 1.19 bits per heavy atom. The van der Waals surface area contributed by atoms with Gasteiger partial charge in [0.15, 0.2) is 0 Å². The summed E-state index contributed by atoms with van der Waals surface area (Å²) in [6.45, 7) is 8.00. The van der Waals surface area contributed by atoms with Crippen molar-refractivity contribution in [2.75, 3.05) is 0 Å². The summed E-state index contributed by atoms with van der Waals surface area (Å²) in [6, 6.07) is 21.1. The van der Waals surface area contributed by atoms with Crippen molar-refractivity contribution < 1.29 is 0 Å². The molecule has 0 atom stereocenters. The average Bonchev–Trinajstić information content (AvgIpc) is 3.10. The van der Waals surface area contributed by atoms with Crippen molar-refractivity contribution in [3.63, 3.8) is 0 Å². The third-order valence-corrected chi connectivity index (χ3v) is 3.58. The second-order valence-corrected chi connectivity index (χ2v) is 4.67. The minimum atomic E-state index is 1.28. The van der Waals surface area contributed by atoms with Gasteiger partial charge in [-0.05, 0) is 21.9 Å². The summed E-state index contributed by atoms with van der Waals surface area (Å²) in [5.74, 6) is 0. The molecule has 1 aromatic heterocycles. The predicted octanol–water partition coefficient (Wildman–Crippen LogP) is 7.13. The van der Waals surface area contributed by atoms with Crippen LogP contribution in [0.4, 0.5) is 0 Å². The van der Waals surface area contributed by atoms with Gasteiger partial charge in [-0.15, -0.1) is 0 Å². The van der Waals surface area contributed by atoms with Crippen molar-refractivity contribution in [1.29, 1.82) is 0 Å². The highest BCUT2D eigenvalue weighted by Crippen LogP contribution is 2.34. The normalized spacial score (nSPS) is 8.95. The Balaban J connectivity index is 0.000000510. The van der Waals surface area contributed by atoms with Gasteiger partial charge < -0.3 is 0 Å². The van der Waals surface area contributed by atoms with Crippen LogP contribution in [0.2, 0.25) is 0 Å². The SMILES string of the molecule is CC.CC.c1ccc(-c2cscc2-c2ccccc2)cc1. The van der Waals surface area contributed by atoms with E-state index in [2.05, 4.69) is 71.4 Å². The molecule has 0 saturated carbocycles. The highest BCUT2D eigenvalue weighted by molar-refractivity contribution is 7.08. The van der Waals surface area contributed by atoms with Crippen LogP contribution in [0.1, 0.15) is 27.7 Å². The largest absolute Gasteiger partial charge is 0.151 e. The maximum absolute atomic E-state index is 2.22. The van der Waals surface area contributed by atoms with Gasteiger partial charge >= 0.3 is 0 Å². The summed E-state index contributed by atoms with van der Waals surface area (Å²) >= 11 is 1.76. The molecule has 0 bridgehead atoms. The van der Waals surface area contributed by atoms with Crippen molar-refractivity contribution in [3.8, 4) is 22.3 Å². The van der Waals surface area contributed by atoms with Gasteiger partial charge in [0.05, 0.1) is 0 Å². The molecule has 0 nitrogen and oxygen atoms in total. The fraction of sp³-hybridized carbons (Fsp3) is 0.200. The molecule has 3 rings (SSSR count). The van der Waals surface area contributed by atoms with Gasteiger partial charge in [0.2, 0.25) is 0 Å². The molecule has 0 N–H and O–H groups in total. The molecule has 110 valence electrons. The Hall–Kier alpha value is -1.86. The first-order chi connectivity index (χ1) is 10.4. The Bertz CT molecular complexity index is 540. The predicted molar refractivity (Wildman–Crippen MR) is 97.9 cm³/mol. The zero-order chi connectivity index (χ0) is 15.5. The Morgan fingerprint density at radius 1 is 0.524 bits per heavy atom. The minimum Gasteiger partial charge on any atom is -0.151 e. The molecule has 0 radical (unpaired) electrons. The summed E-state index contributed by atoms with van der Waals surface area (Å²) in [6.07, 6.45) is 0. The number of benzene rings is 2. The Labute approximate surface area is 133 Å². The molecule has 0 fully saturated rings.